The largest absolute Gasteiger partial charge is 0.466 e. The minimum absolute atomic E-state index is 0.152. The first-order chi connectivity index (χ1) is 8.13. The molecule has 1 aromatic heterocycles. The molecule has 5 nitrogen and oxygen atoms in total. The molecule has 1 heterocycles. The first-order valence-electron chi connectivity index (χ1n) is 5.72. The minimum atomic E-state index is -1.00. The van der Waals surface area contributed by atoms with E-state index in [9.17, 15) is 15.0 Å². The van der Waals surface area contributed by atoms with Crippen molar-refractivity contribution in [2.45, 2.75) is 37.9 Å². The molecule has 94 valence electrons. The Morgan fingerprint density at radius 3 is 3.06 bits per heavy atom. The summed E-state index contributed by atoms with van der Waals surface area (Å²) in [4.78, 5) is 11.4. The van der Waals surface area contributed by atoms with E-state index in [2.05, 4.69) is 0 Å². The molecule has 1 aliphatic rings. The number of rotatable bonds is 3. The van der Waals surface area contributed by atoms with Crippen LogP contribution in [0.1, 0.15) is 43.1 Å². The van der Waals surface area contributed by atoms with E-state index in [4.69, 9.17) is 9.15 Å². The van der Waals surface area contributed by atoms with Crippen LogP contribution in [0.15, 0.2) is 16.7 Å². The molecule has 0 bridgehead atoms. The Morgan fingerprint density at radius 1 is 1.59 bits per heavy atom. The predicted octanol–water partition coefficient (Wildman–Crippen LogP) is 1.11. The highest BCUT2D eigenvalue weighted by atomic mass is 16.5. The Balaban J connectivity index is 2.15. The van der Waals surface area contributed by atoms with Crippen molar-refractivity contribution in [2.24, 2.45) is 0 Å². The zero-order chi connectivity index (χ0) is 12.4. The van der Waals surface area contributed by atoms with E-state index < -0.39 is 12.2 Å². The third-order valence-corrected chi connectivity index (χ3v) is 3.04. The van der Waals surface area contributed by atoms with Crippen LogP contribution in [0.5, 0.6) is 0 Å². The number of carbonyl (C=O) groups is 1. The zero-order valence-corrected chi connectivity index (χ0v) is 9.63. The fraction of sp³-hybridized carbons (Fsp3) is 0.583. The van der Waals surface area contributed by atoms with E-state index >= 15 is 0 Å². The molecule has 3 atom stereocenters. The third kappa shape index (κ3) is 2.35. The van der Waals surface area contributed by atoms with E-state index in [0.29, 0.717) is 18.8 Å². The summed E-state index contributed by atoms with van der Waals surface area (Å²) in [6.45, 7) is 2.09. The van der Waals surface area contributed by atoms with Crippen LogP contribution < -0.4 is 0 Å². The fourth-order valence-corrected chi connectivity index (χ4v) is 2.25. The maximum atomic E-state index is 11.4. The van der Waals surface area contributed by atoms with Crippen molar-refractivity contribution in [3.63, 3.8) is 0 Å². The lowest BCUT2D eigenvalue weighted by Crippen LogP contribution is -2.28. The summed E-state index contributed by atoms with van der Waals surface area (Å²) in [6, 6.07) is 1.73. The number of furan rings is 1. The topological polar surface area (TPSA) is 79.9 Å². The van der Waals surface area contributed by atoms with Gasteiger partial charge in [-0.15, -0.1) is 0 Å². The SMILES string of the molecule is CCOC(=O)C[C@@H]1C[C@@H](O)[C@@H](O)c2occc21. The van der Waals surface area contributed by atoms with Gasteiger partial charge < -0.3 is 19.4 Å². The Morgan fingerprint density at radius 2 is 2.35 bits per heavy atom. The van der Waals surface area contributed by atoms with E-state index in [1.54, 1.807) is 13.0 Å². The summed E-state index contributed by atoms with van der Waals surface area (Å²) in [5.74, 6) is -0.0903. The van der Waals surface area contributed by atoms with Gasteiger partial charge in [-0.25, -0.2) is 0 Å². The normalized spacial score (nSPS) is 27.6. The van der Waals surface area contributed by atoms with Crippen molar-refractivity contribution in [3.05, 3.63) is 23.7 Å². The molecule has 0 fully saturated rings. The second-order valence-electron chi connectivity index (χ2n) is 4.19. The fourth-order valence-electron chi connectivity index (χ4n) is 2.25. The summed E-state index contributed by atoms with van der Waals surface area (Å²) < 4.78 is 10.0. The van der Waals surface area contributed by atoms with Crippen LogP contribution in [0.2, 0.25) is 0 Å². The molecular weight excluding hydrogens is 224 g/mol. The highest BCUT2D eigenvalue weighted by Gasteiger charge is 2.36. The van der Waals surface area contributed by atoms with Gasteiger partial charge >= 0.3 is 5.97 Å². The lowest BCUT2D eigenvalue weighted by atomic mass is 9.82. The molecule has 0 saturated carbocycles. The number of aliphatic hydroxyl groups excluding tert-OH is 2. The molecule has 17 heavy (non-hydrogen) atoms. The number of aliphatic hydroxyl groups is 2. The molecule has 0 saturated heterocycles. The summed E-state index contributed by atoms with van der Waals surface area (Å²) in [6.07, 6.45) is 0.104. The Kier molecular flexibility index (Phi) is 3.49. The second kappa shape index (κ2) is 4.89. The van der Waals surface area contributed by atoms with Gasteiger partial charge in [-0.1, -0.05) is 0 Å². The lowest BCUT2D eigenvalue weighted by molar-refractivity contribution is -0.144. The molecule has 0 amide bonds. The van der Waals surface area contributed by atoms with Crippen LogP contribution in [-0.2, 0) is 9.53 Å². The van der Waals surface area contributed by atoms with Crippen LogP contribution >= 0.6 is 0 Å². The van der Waals surface area contributed by atoms with Gasteiger partial charge in [-0.05, 0) is 19.4 Å². The molecule has 1 aromatic rings. The standard InChI is InChI=1S/C12H16O5/c1-2-16-10(14)6-7-5-9(13)11(15)12-8(7)3-4-17-12/h3-4,7,9,11,13,15H,2,5-6H2,1H3/t7-,9+,11+/m0/s1. The Labute approximate surface area is 99.0 Å². The van der Waals surface area contributed by atoms with Crippen molar-refractivity contribution in [3.8, 4) is 0 Å². The predicted molar refractivity (Wildman–Crippen MR) is 58.3 cm³/mol. The highest BCUT2D eigenvalue weighted by molar-refractivity contribution is 5.70. The molecule has 0 aliphatic heterocycles. The number of hydrogen-bond acceptors (Lipinski definition) is 5. The molecule has 0 spiro atoms. The van der Waals surface area contributed by atoms with Crippen LogP contribution in [0, 0.1) is 0 Å². The monoisotopic (exact) mass is 240 g/mol. The van der Waals surface area contributed by atoms with E-state index in [1.807, 2.05) is 0 Å². The molecule has 0 unspecified atom stereocenters. The van der Waals surface area contributed by atoms with E-state index in [0.717, 1.165) is 5.56 Å². The van der Waals surface area contributed by atoms with Crippen molar-refractivity contribution in [1.82, 2.24) is 0 Å². The van der Waals surface area contributed by atoms with Gasteiger partial charge in [-0.3, -0.25) is 4.79 Å². The van der Waals surface area contributed by atoms with Crippen LogP contribution in [0.3, 0.4) is 0 Å². The lowest BCUT2D eigenvalue weighted by Gasteiger charge is -2.28. The molecule has 2 N–H and O–H groups in total. The average Bonchev–Trinajstić information content (AvgIpc) is 2.75. The first-order valence-corrected chi connectivity index (χ1v) is 5.72. The maximum absolute atomic E-state index is 11.4. The highest BCUT2D eigenvalue weighted by Crippen LogP contribution is 2.40. The van der Waals surface area contributed by atoms with Crippen LogP contribution in [-0.4, -0.2) is 28.9 Å². The van der Waals surface area contributed by atoms with Gasteiger partial charge in [0.2, 0.25) is 0 Å². The first kappa shape index (κ1) is 12.1. The van der Waals surface area contributed by atoms with Crippen molar-refractivity contribution in [2.75, 3.05) is 6.61 Å². The van der Waals surface area contributed by atoms with Gasteiger partial charge in [0.15, 0.2) is 0 Å². The van der Waals surface area contributed by atoms with Gasteiger partial charge in [0.05, 0.1) is 25.4 Å². The van der Waals surface area contributed by atoms with Gasteiger partial charge in [0, 0.05) is 11.5 Å². The molecule has 2 rings (SSSR count). The van der Waals surface area contributed by atoms with E-state index in [-0.39, 0.29) is 18.3 Å². The molecular formula is C12H16O5. The number of ether oxygens (including phenoxy) is 1. The Hall–Kier alpha value is -1.33. The Bertz CT molecular complexity index is 397. The van der Waals surface area contributed by atoms with Gasteiger partial charge in [-0.2, -0.15) is 0 Å². The molecule has 0 aromatic carbocycles. The van der Waals surface area contributed by atoms with Gasteiger partial charge in [0.25, 0.3) is 0 Å². The molecule has 1 aliphatic carbocycles. The number of fused-ring (bicyclic) bond motifs is 1. The summed E-state index contributed by atoms with van der Waals surface area (Å²) in [5.41, 5.74) is 0.788. The average molecular weight is 240 g/mol. The minimum Gasteiger partial charge on any atom is -0.466 e. The van der Waals surface area contributed by atoms with E-state index in [1.165, 1.54) is 6.26 Å². The summed E-state index contributed by atoms with van der Waals surface area (Å²) >= 11 is 0. The van der Waals surface area contributed by atoms with Crippen molar-refractivity contribution >= 4 is 5.97 Å². The summed E-state index contributed by atoms with van der Waals surface area (Å²) in [7, 11) is 0. The van der Waals surface area contributed by atoms with Crippen LogP contribution in [0.4, 0.5) is 0 Å². The molecule has 0 radical (unpaired) electrons. The van der Waals surface area contributed by atoms with Crippen molar-refractivity contribution < 1.29 is 24.2 Å². The number of esters is 1. The third-order valence-electron chi connectivity index (χ3n) is 3.04. The maximum Gasteiger partial charge on any atom is 0.306 e. The number of carbonyl (C=O) groups excluding carboxylic acids is 1. The van der Waals surface area contributed by atoms with Crippen molar-refractivity contribution in [1.29, 1.82) is 0 Å². The molecule has 5 heteroatoms. The zero-order valence-electron chi connectivity index (χ0n) is 9.63. The smallest absolute Gasteiger partial charge is 0.306 e. The number of hydrogen-bond donors (Lipinski definition) is 2. The summed E-state index contributed by atoms with van der Waals surface area (Å²) in [5, 5.41) is 19.4. The quantitative estimate of drug-likeness (QED) is 0.774. The van der Waals surface area contributed by atoms with Crippen LogP contribution in [0.25, 0.3) is 0 Å². The second-order valence-corrected chi connectivity index (χ2v) is 4.19. The van der Waals surface area contributed by atoms with Gasteiger partial charge in [0.1, 0.15) is 11.9 Å².